The summed E-state index contributed by atoms with van der Waals surface area (Å²) >= 11 is 3.26. The smallest absolute Gasteiger partial charge is 0.340 e. The van der Waals surface area contributed by atoms with E-state index in [4.69, 9.17) is 9.15 Å². The number of furan rings is 1. The summed E-state index contributed by atoms with van der Waals surface area (Å²) in [5.74, 6) is -0.679. The molecule has 0 bridgehead atoms. The van der Waals surface area contributed by atoms with Crippen molar-refractivity contribution in [3.05, 3.63) is 58.6 Å². The fourth-order valence-corrected chi connectivity index (χ4v) is 2.55. The molecule has 0 unspecified atom stereocenters. The maximum absolute atomic E-state index is 12.6. The number of hydrogen-bond acceptors (Lipinski definition) is 4. The number of ether oxygens (including phenoxy) is 1. The normalized spacial score (nSPS) is 10.8. The van der Waals surface area contributed by atoms with E-state index in [9.17, 15) is 9.59 Å². The van der Waals surface area contributed by atoms with Gasteiger partial charge in [-0.2, -0.15) is 0 Å². The number of rotatable bonds is 2. The number of fused-ring (bicyclic) bond motifs is 1. The molecule has 0 aliphatic rings. The van der Waals surface area contributed by atoms with E-state index in [0.29, 0.717) is 20.9 Å². The van der Waals surface area contributed by atoms with Crippen LogP contribution in [0.2, 0.25) is 0 Å². The van der Waals surface area contributed by atoms with Crippen LogP contribution in [0.4, 0.5) is 0 Å². The molecule has 0 saturated carbocycles. The molecule has 0 aliphatic carbocycles. The van der Waals surface area contributed by atoms with Gasteiger partial charge in [-0.05, 0) is 28.1 Å². The quantitative estimate of drug-likeness (QED) is 0.666. The van der Waals surface area contributed by atoms with Gasteiger partial charge in [0.1, 0.15) is 0 Å². The van der Waals surface area contributed by atoms with Crippen LogP contribution in [0.5, 0.6) is 0 Å². The lowest BCUT2D eigenvalue weighted by Crippen LogP contribution is -2.10. The molecule has 0 aliphatic heterocycles. The van der Waals surface area contributed by atoms with Gasteiger partial charge < -0.3 is 9.15 Å². The number of esters is 1. The van der Waals surface area contributed by atoms with Crippen LogP contribution in [-0.2, 0) is 4.74 Å². The highest BCUT2D eigenvalue weighted by Gasteiger charge is 2.22. The van der Waals surface area contributed by atoms with E-state index < -0.39 is 5.97 Å². The van der Waals surface area contributed by atoms with E-state index in [1.54, 1.807) is 30.3 Å². The summed E-state index contributed by atoms with van der Waals surface area (Å²) in [5, 5.41) is 0.653. The summed E-state index contributed by atoms with van der Waals surface area (Å²) < 4.78 is 11.9. The summed E-state index contributed by atoms with van der Waals surface area (Å²) in [6.07, 6.45) is 2.89. The van der Waals surface area contributed by atoms with Crippen LogP contribution in [-0.4, -0.2) is 23.6 Å². The molecule has 106 valence electrons. The van der Waals surface area contributed by atoms with Crippen molar-refractivity contribution in [2.75, 3.05) is 7.11 Å². The minimum atomic E-state index is -0.490. The molecule has 0 radical (unpaired) electrons. The first-order chi connectivity index (χ1) is 10.1. The fraction of sp³-hybridized carbons (Fsp3) is 0.0667. The van der Waals surface area contributed by atoms with Gasteiger partial charge >= 0.3 is 5.97 Å². The standard InChI is InChI=1S/C15H10BrNO4/c1-20-15(19)10-8-17(12-5-3-2-4-9(10)12)14(18)13-11(16)6-7-21-13/h2-8H,1H3. The fourth-order valence-electron chi connectivity index (χ4n) is 2.18. The number of benzene rings is 1. The van der Waals surface area contributed by atoms with Crippen LogP contribution in [0, 0.1) is 0 Å². The van der Waals surface area contributed by atoms with Crippen molar-refractivity contribution >= 4 is 38.7 Å². The zero-order valence-electron chi connectivity index (χ0n) is 11.0. The molecule has 6 heteroatoms. The number of nitrogens with zero attached hydrogens (tertiary/aromatic N) is 1. The lowest BCUT2D eigenvalue weighted by molar-refractivity contribution is 0.0603. The second-order valence-corrected chi connectivity index (χ2v) is 5.18. The molecular weight excluding hydrogens is 338 g/mol. The van der Waals surface area contributed by atoms with Gasteiger partial charge in [-0.15, -0.1) is 0 Å². The first-order valence-electron chi connectivity index (χ1n) is 6.09. The summed E-state index contributed by atoms with van der Waals surface area (Å²) in [5.41, 5.74) is 0.954. The van der Waals surface area contributed by atoms with Gasteiger partial charge in [0.2, 0.25) is 5.76 Å². The minimum Gasteiger partial charge on any atom is -0.465 e. The Kier molecular flexibility index (Phi) is 3.39. The van der Waals surface area contributed by atoms with Gasteiger partial charge in [0, 0.05) is 11.6 Å². The first-order valence-corrected chi connectivity index (χ1v) is 6.89. The van der Waals surface area contributed by atoms with E-state index >= 15 is 0 Å². The zero-order chi connectivity index (χ0) is 15.0. The second kappa shape index (κ2) is 5.21. The molecule has 0 spiro atoms. The Balaban J connectivity index is 2.22. The highest BCUT2D eigenvalue weighted by atomic mass is 79.9. The van der Waals surface area contributed by atoms with Gasteiger partial charge in [0.05, 0.1) is 28.9 Å². The molecule has 3 rings (SSSR count). The third kappa shape index (κ3) is 2.17. The third-order valence-corrected chi connectivity index (χ3v) is 3.77. The van der Waals surface area contributed by atoms with E-state index in [1.807, 2.05) is 0 Å². The summed E-state index contributed by atoms with van der Waals surface area (Å²) in [7, 11) is 1.30. The van der Waals surface area contributed by atoms with Crippen molar-refractivity contribution in [2.45, 2.75) is 0 Å². The van der Waals surface area contributed by atoms with Crippen LogP contribution in [0.15, 0.2) is 51.7 Å². The van der Waals surface area contributed by atoms with Crippen LogP contribution >= 0.6 is 15.9 Å². The molecule has 0 N–H and O–H groups in total. The Morgan fingerprint density at radius 3 is 2.67 bits per heavy atom. The van der Waals surface area contributed by atoms with E-state index in [2.05, 4.69) is 15.9 Å². The Morgan fingerprint density at radius 2 is 2.00 bits per heavy atom. The molecule has 0 amide bonds. The van der Waals surface area contributed by atoms with E-state index in [-0.39, 0.29) is 11.7 Å². The molecule has 0 saturated heterocycles. The summed E-state index contributed by atoms with van der Waals surface area (Å²) in [4.78, 5) is 24.4. The van der Waals surface area contributed by atoms with Crippen molar-refractivity contribution in [1.29, 1.82) is 0 Å². The first kappa shape index (κ1) is 13.6. The molecule has 0 atom stereocenters. The Labute approximate surface area is 128 Å². The van der Waals surface area contributed by atoms with Gasteiger partial charge in [0.15, 0.2) is 0 Å². The van der Waals surface area contributed by atoms with E-state index in [1.165, 1.54) is 24.1 Å². The van der Waals surface area contributed by atoms with Crippen molar-refractivity contribution in [3.8, 4) is 0 Å². The number of hydrogen-bond donors (Lipinski definition) is 0. The van der Waals surface area contributed by atoms with E-state index in [0.717, 1.165) is 0 Å². The number of aromatic nitrogens is 1. The molecular formula is C15H10BrNO4. The Bertz CT molecular complexity index is 846. The van der Waals surface area contributed by atoms with Crippen molar-refractivity contribution in [3.63, 3.8) is 0 Å². The number of carbonyl (C=O) groups is 2. The average Bonchev–Trinajstić information content (AvgIpc) is 3.09. The molecule has 5 nitrogen and oxygen atoms in total. The SMILES string of the molecule is COC(=O)c1cn(C(=O)c2occc2Br)c2ccccc12. The second-order valence-electron chi connectivity index (χ2n) is 4.32. The Morgan fingerprint density at radius 1 is 1.24 bits per heavy atom. The number of carbonyl (C=O) groups excluding carboxylic acids is 2. The minimum absolute atomic E-state index is 0.173. The van der Waals surface area contributed by atoms with Crippen LogP contribution in [0.3, 0.4) is 0 Å². The van der Waals surface area contributed by atoms with Crippen molar-refractivity contribution in [2.24, 2.45) is 0 Å². The number of halogens is 1. The predicted octanol–water partition coefficient (Wildman–Crippen LogP) is 3.47. The van der Waals surface area contributed by atoms with Crippen molar-refractivity contribution in [1.82, 2.24) is 4.57 Å². The Hall–Kier alpha value is -2.34. The molecule has 1 aromatic carbocycles. The molecule has 2 heterocycles. The topological polar surface area (TPSA) is 61.4 Å². The summed E-state index contributed by atoms with van der Waals surface area (Å²) in [6, 6.07) is 8.76. The zero-order valence-corrected chi connectivity index (χ0v) is 12.6. The molecule has 3 aromatic rings. The maximum Gasteiger partial charge on any atom is 0.340 e. The van der Waals surface area contributed by atoms with Crippen LogP contribution in [0.1, 0.15) is 20.9 Å². The van der Waals surface area contributed by atoms with Crippen LogP contribution < -0.4 is 0 Å². The lowest BCUT2D eigenvalue weighted by atomic mass is 10.2. The summed E-state index contributed by atoms with van der Waals surface area (Å²) in [6.45, 7) is 0. The van der Waals surface area contributed by atoms with Gasteiger partial charge in [-0.1, -0.05) is 18.2 Å². The molecule has 0 fully saturated rings. The highest BCUT2D eigenvalue weighted by Crippen LogP contribution is 2.25. The van der Waals surface area contributed by atoms with Gasteiger partial charge in [-0.25, -0.2) is 4.79 Å². The average molecular weight is 348 g/mol. The maximum atomic E-state index is 12.6. The largest absolute Gasteiger partial charge is 0.465 e. The van der Waals surface area contributed by atoms with Gasteiger partial charge in [0.25, 0.3) is 5.91 Å². The highest BCUT2D eigenvalue weighted by molar-refractivity contribution is 9.10. The third-order valence-electron chi connectivity index (χ3n) is 3.15. The monoisotopic (exact) mass is 347 g/mol. The van der Waals surface area contributed by atoms with Crippen molar-refractivity contribution < 1.29 is 18.7 Å². The lowest BCUT2D eigenvalue weighted by Gasteiger charge is -2.01. The predicted molar refractivity (Wildman–Crippen MR) is 79.4 cm³/mol. The van der Waals surface area contributed by atoms with Gasteiger partial charge in [-0.3, -0.25) is 9.36 Å². The van der Waals surface area contributed by atoms with Crippen LogP contribution in [0.25, 0.3) is 10.9 Å². The number of methoxy groups -OCH3 is 1. The molecule has 2 aromatic heterocycles. The number of para-hydroxylation sites is 1. The molecule has 21 heavy (non-hydrogen) atoms.